The topological polar surface area (TPSA) is 46.3 Å². The summed E-state index contributed by atoms with van der Waals surface area (Å²) in [7, 11) is 0. The summed E-state index contributed by atoms with van der Waals surface area (Å²) in [6.07, 6.45) is -2.30. The number of carbonyl (C=O) groups excluding carboxylic acids is 1. The fraction of sp³-hybridized carbons (Fsp3) is 0.238. The maximum Gasteiger partial charge on any atom is 0.416 e. The van der Waals surface area contributed by atoms with Crippen LogP contribution in [0.2, 0.25) is 5.02 Å². The van der Waals surface area contributed by atoms with Crippen molar-refractivity contribution in [2.75, 3.05) is 13.1 Å². The summed E-state index contributed by atoms with van der Waals surface area (Å²) in [5.74, 6) is 0.113. The molecule has 4 nitrogen and oxygen atoms in total. The van der Waals surface area contributed by atoms with E-state index in [4.69, 9.17) is 16.1 Å². The van der Waals surface area contributed by atoms with E-state index in [1.54, 1.807) is 4.90 Å². The van der Waals surface area contributed by atoms with Gasteiger partial charge in [-0.05, 0) is 36.2 Å². The molecule has 0 bridgehead atoms. The lowest BCUT2D eigenvalue weighted by Gasteiger charge is -2.16. The third kappa shape index (κ3) is 4.00. The number of benzene rings is 2. The minimum Gasteiger partial charge on any atom is -0.355 e. The van der Waals surface area contributed by atoms with E-state index in [9.17, 15) is 18.0 Å². The van der Waals surface area contributed by atoms with Crippen molar-refractivity contribution in [1.29, 1.82) is 0 Å². The molecule has 3 aromatic rings. The van der Waals surface area contributed by atoms with Gasteiger partial charge >= 0.3 is 6.18 Å². The van der Waals surface area contributed by atoms with Gasteiger partial charge in [0.15, 0.2) is 5.76 Å². The standard InChI is InChI=1S/C21H16ClF3N2O2/c22-17-7-3-13(4-8-17)15-9-10-27(12-15)20(28)18-11-26-29-19(18)14-1-5-16(6-2-14)21(23,24)25/h1-8,11,15H,9-10,12H2. The third-order valence-electron chi connectivity index (χ3n) is 5.09. The van der Waals surface area contributed by atoms with Crippen molar-refractivity contribution in [2.24, 2.45) is 0 Å². The molecule has 0 N–H and O–H groups in total. The van der Waals surface area contributed by atoms with Crippen LogP contribution in [-0.4, -0.2) is 29.1 Å². The summed E-state index contributed by atoms with van der Waals surface area (Å²) in [6.45, 7) is 1.11. The van der Waals surface area contributed by atoms with Crippen LogP contribution in [0.15, 0.2) is 59.3 Å². The molecular weight excluding hydrogens is 405 g/mol. The Balaban J connectivity index is 1.52. The average molecular weight is 421 g/mol. The van der Waals surface area contributed by atoms with Crippen molar-refractivity contribution < 1.29 is 22.5 Å². The molecular formula is C21H16ClF3N2O2. The van der Waals surface area contributed by atoms with Gasteiger partial charge in [-0.2, -0.15) is 13.2 Å². The van der Waals surface area contributed by atoms with Crippen LogP contribution in [0.25, 0.3) is 11.3 Å². The second-order valence-corrected chi connectivity index (χ2v) is 7.37. The Kier molecular flexibility index (Phi) is 5.08. The van der Waals surface area contributed by atoms with Crippen molar-refractivity contribution in [2.45, 2.75) is 18.5 Å². The largest absolute Gasteiger partial charge is 0.416 e. The lowest BCUT2D eigenvalue weighted by Crippen LogP contribution is -2.28. The van der Waals surface area contributed by atoms with Crippen LogP contribution >= 0.6 is 11.6 Å². The first kappa shape index (κ1) is 19.5. The number of nitrogens with zero attached hydrogens (tertiary/aromatic N) is 2. The lowest BCUT2D eigenvalue weighted by atomic mass is 9.99. The second-order valence-electron chi connectivity index (χ2n) is 6.93. The number of carbonyl (C=O) groups is 1. The Morgan fingerprint density at radius 3 is 2.45 bits per heavy atom. The van der Waals surface area contributed by atoms with Crippen LogP contribution in [0.3, 0.4) is 0 Å². The maximum atomic E-state index is 13.0. The zero-order chi connectivity index (χ0) is 20.6. The van der Waals surface area contributed by atoms with E-state index < -0.39 is 11.7 Å². The monoisotopic (exact) mass is 420 g/mol. The molecule has 1 saturated heterocycles. The number of alkyl halides is 3. The number of aromatic nitrogens is 1. The minimum atomic E-state index is -4.43. The summed E-state index contributed by atoms with van der Waals surface area (Å²) in [5, 5.41) is 4.35. The molecule has 1 unspecified atom stereocenters. The van der Waals surface area contributed by atoms with Gasteiger partial charge in [0, 0.05) is 29.6 Å². The van der Waals surface area contributed by atoms with E-state index in [1.807, 2.05) is 24.3 Å². The Morgan fingerprint density at radius 1 is 1.10 bits per heavy atom. The van der Waals surface area contributed by atoms with E-state index in [2.05, 4.69) is 5.16 Å². The molecule has 2 heterocycles. The first-order chi connectivity index (χ1) is 13.8. The Labute approximate surface area is 169 Å². The Hall–Kier alpha value is -2.80. The van der Waals surface area contributed by atoms with Gasteiger partial charge in [0.2, 0.25) is 0 Å². The van der Waals surface area contributed by atoms with Crippen molar-refractivity contribution in [3.8, 4) is 11.3 Å². The van der Waals surface area contributed by atoms with E-state index in [0.29, 0.717) is 23.7 Å². The van der Waals surface area contributed by atoms with Gasteiger partial charge in [-0.15, -0.1) is 0 Å². The van der Waals surface area contributed by atoms with Gasteiger partial charge in [0.05, 0.1) is 11.8 Å². The quantitative estimate of drug-likeness (QED) is 0.550. The fourth-order valence-corrected chi connectivity index (χ4v) is 3.66. The van der Waals surface area contributed by atoms with Crippen LogP contribution in [0.4, 0.5) is 13.2 Å². The first-order valence-electron chi connectivity index (χ1n) is 9.00. The molecule has 150 valence electrons. The van der Waals surface area contributed by atoms with Crippen LogP contribution in [-0.2, 0) is 6.18 Å². The normalized spacial score (nSPS) is 17.0. The summed E-state index contributed by atoms with van der Waals surface area (Å²) < 4.78 is 43.5. The molecule has 0 radical (unpaired) electrons. The highest BCUT2D eigenvalue weighted by atomic mass is 35.5. The zero-order valence-electron chi connectivity index (χ0n) is 15.1. The number of hydrogen-bond donors (Lipinski definition) is 0. The molecule has 4 rings (SSSR count). The van der Waals surface area contributed by atoms with Crippen molar-refractivity contribution in [3.63, 3.8) is 0 Å². The highest BCUT2D eigenvalue weighted by Gasteiger charge is 2.32. The van der Waals surface area contributed by atoms with Crippen molar-refractivity contribution in [1.82, 2.24) is 10.1 Å². The van der Waals surface area contributed by atoms with E-state index >= 15 is 0 Å². The van der Waals surface area contributed by atoms with E-state index in [0.717, 1.165) is 24.1 Å². The van der Waals surface area contributed by atoms with Crippen LogP contribution in [0.1, 0.15) is 33.8 Å². The molecule has 8 heteroatoms. The van der Waals surface area contributed by atoms with E-state index in [-0.39, 0.29) is 23.1 Å². The molecule has 1 fully saturated rings. The van der Waals surface area contributed by atoms with Crippen LogP contribution in [0.5, 0.6) is 0 Å². The number of rotatable bonds is 3. The van der Waals surface area contributed by atoms with Gasteiger partial charge in [0.25, 0.3) is 5.91 Å². The average Bonchev–Trinajstić information content (AvgIpc) is 3.37. The summed E-state index contributed by atoms with van der Waals surface area (Å²) in [6, 6.07) is 12.0. The zero-order valence-corrected chi connectivity index (χ0v) is 15.9. The molecule has 2 aromatic carbocycles. The number of hydrogen-bond acceptors (Lipinski definition) is 3. The van der Waals surface area contributed by atoms with Crippen LogP contribution < -0.4 is 0 Å². The molecule has 1 amide bonds. The number of likely N-dealkylation sites (tertiary alicyclic amines) is 1. The third-order valence-corrected chi connectivity index (χ3v) is 5.34. The minimum absolute atomic E-state index is 0.165. The molecule has 1 aromatic heterocycles. The highest BCUT2D eigenvalue weighted by molar-refractivity contribution is 6.30. The van der Waals surface area contributed by atoms with Gasteiger partial charge in [-0.25, -0.2) is 0 Å². The summed E-state index contributed by atoms with van der Waals surface area (Å²) in [5.41, 5.74) is 0.950. The maximum absolute atomic E-state index is 13.0. The SMILES string of the molecule is O=C(c1cnoc1-c1ccc(C(F)(F)F)cc1)N1CCC(c2ccc(Cl)cc2)C1. The number of amides is 1. The Morgan fingerprint density at radius 2 is 1.79 bits per heavy atom. The molecule has 0 spiro atoms. The van der Waals surface area contributed by atoms with Crippen molar-refractivity contribution >= 4 is 17.5 Å². The summed E-state index contributed by atoms with van der Waals surface area (Å²) >= 11 is 5.93. The van der Waals surface area contributed by atoms with Gasteiger partial charge in [0.1, 0.15) is 5.56 Å². The lowest BCUT2D eigenvalue weighted by molar-refractivity contribution is -0.137. The van der Waals surface area contributed by atoms with Gasteiger partial charge in [-0.3, -0.25) is 4.79 Å². The molecule has 1 aliphatic heterocycles. The molecule has 0 saturated carbocycles. The molecule has 29 heavy (non-hydrogen) atoms. The predicted molar refractivity (Wildman–Crippen MR) is 102 cm³/mol. The van der Waals surface area contributed by atoms with E-state index in [1.165, 1.54) is 18.3 Å². The molecule has 1 aliphatic rings. The highest BCUT2D eigenvalue weighted by Crippen LogP contribution is 2.33. The number of halogens is 4. The second kappa shape index (κ2) is 7.55. The van der Waals surface area contributed by atoms with Gasteiger partial charge < -0.3 is 9.42 Å². The first-order valence-corrected chi connectivity index (χ1v) is 9.38. The van der Waals surface area contributed by atoms with Crippen molar-refractivity contribution in [3.05, 3.63) is 76.4 Å². The van der Waals surface area contributed by atoms with Crippen LogP contribution in [0, 0.1) is 0 Å². The smallest absolute Gasteiger partial charge is 0.355 e. The van der Waals surface area contributed by atoms with Gasteiger partial charge in [-0.1, -0.05) is 41.0 Å². The molecule has 0 aliphatic carbocycles. The molecule has 1 atom stereocenters. The summed E-state index contributed by atoms with van der Waals surface area (Å²) in [4.78, 5) is 14.7. The predicted octanol–water partition coefficient (Wildman–Crippen LogP) is 5.64. The Bertz CT molecular complexity index is 1010. The fourth-order valence-electron chi connectivity index (χ4n) is 3.53.